The van der Waals surface area contributed by atoms with Gasteiger partial charge in [0.05, 0.1) is 15.9 Å². The second-order valence-electron chi connectivity index (χ2n) is 4.73. The Balaban J connectivity index is 3.01. The lowest BCUT2D eigenvalue weighted by Gasteiger charge is -2.26. The zero-order valence-corrected chi connectivity index (χ0v) is 12.3. The van der Waals surface area contributed by atoms with Crippen LogP contribution in [0.5, 0.6) is 0 Å². The summed E-state index contributed by atoms with van der Waals surface area (Å²) in [5.74, 6) is 0. The Hall–Kier alpha value is -0.350. The van der Waals surface area contributed by atoms with Gasteiger partial charge in [0.15, 0.2) is 0 Å². The summed E-state index contributed by atoms with van der Waals surface area (Å²) in [5.41, 5.74) is 8.42. The van der Waals surface area contributed by atoms with Crippen molar-refractivity contribution in [1.29, 1.82) is 0 Å². The maximum atomic E-state index is 5.86. The highest BCUT2D eigenvalue weighted by Crippen LogP contribution is 2.30. The molecule has 4 heteroatoms. The lowest BCUT2D eigenvalue weighted by atomic mass is 9.83. The quantitative estimate of drug-likeness (QED) is 0.905. The van der Waals surface area contributed by atoms with Gasteiger partial charge in [-0.15, -0.1) is 0 Å². The Bertz CT molecular complexity index is 353. The van der Waals surface area contributed by atoms with E-state index in [1.54, 1.807) is 0 Å². The van der Waals surface area contributed by atoms with Crippen LogP contribution in [0.3, 0.4) is 0 Å². The molecule has 16 heavy (non-hydrogen) atoms. The SMILES string of the molecule is CCc1nn(C)c(CC(C)(CC)CN)c1Br. The van der Waals surface area contributed by atoms with Crippen LogP contribution in [0.15, 0.2) is 4.47 Å². The number of aromatic nitrogens is 2. The predicted molar refractivity (Wildman–Crippen MR) is 71.4 cm³/mol. The van der Waals surface area contributed by atoms with Crippen LogP contribution in [-0.2, 0) is 19.9 Å². The van der Waals surface area contributed by atoms with Crippen molar-refractivity contribution in [2.45, 2.75) is 40.0 Å². The first-order chi connectivity index (χ1) is 7.47. The van der Waals surface area contributed by atoms with Crippen molar-refractivity contribution in [3.63, 3.8) is 0 Å². The molecule has 0 aliphatic heterocycles. The lowest BCUT2D eigenvalue weighted by Crippen LogP contribution is -2.29. The molecule has 0 radical (unpaired) electrons. The van der Waals surface area contributed by atoms with Gasteiger partial charge in [-0.05, 0) is 47.2 Å². The molecule has 3 nitrogen and oxygen atoms in total. The van der Waals surface area contributed by atoms with Crippen LogP contribution >= 0.6 is 15.9 Å². The van der Waals surface area contributed by atoms with E-state index in [9.17, 15) is 0 Å². The number of hydrogen-bond donors (Lipinski definition) is 1. The molecule has 0 fully saturated rings. The fourth-order valence-corrected chi connectivity index (χ4v) is 2.51. The fraction of sp³-hybridized carbons (Fsp3) is 0.750. The summed E-state index contributed by atoms with van der Waals surface area (Å²) in [4.78, 5) is 0. The number of aryl methyl sites for hydroxylation is 2. The fourth-order valence-electron chi connectivity index (χ4n) is 1.76. The number of halogens is 1. The first kappa shape index (κ1) is 13.7. The minimum absolute atomic E-state index is 0.168. The normalized spacial score (nSPS) is 15.1. The topological polar surface area (TPSA) is 43.8 Å². The van der Waals surface area contributed by atoms with E-state index >= 15 is 0 Å². The molecule has 0 aliphatic rings. The first-order valence-corrected chi connectivity index (χ1v) is 6.67. The molecule has 0 saturated heterocycles. The molecule has 0 spiro atoms. The third kappa shape index (κ3) is 2.66. The number of nitrogens with zero attached hydrogens (tertiary/aromatic N) is 2. The van der Waals surface area contributed by atoms with E-state index in [2.05, 4.69) is 41.8 Å². The second-order valence-corrected chi connectivity index (χ2v) is 5.52. The van der Waals surface area contributed by atoms with Gasteiger partial charge in [0.1, 0.15) is 0 Å². The molecule has 1 atom stereocenters. The predicted octanol–water partition coefficient (Wildman–Crippen LogP) is 2.66. The van der Waals surface area contributed by atoms with Crippen LogP contribution in [0.4, 0.5) is 0 Å². The summed E-state index contributed by atoms with van der Waals surface area (Å²) in [7, 11) is 2.01. The van der Waals surface area contributed by atoms with E-state index in [0.717, 1.165) is 29.4 Å². The average molecular weight is 288 g/mol. The van der Waals surface area contributed by atoms with Crippen LogP contribution in [-0.4, -0.2) is 16.3 Å². The third-order valence-corrected chi connectivity index (χ3v) is 4.36. The van der Waals surface area contributed by atoms with E-state index in [0.29, 0.717) is 6.54 Å². The van der Waals surface area contributed by atoms with E-state index in [4.69, 9.17) is 5.73 Å². The average Bonchev–Trinajstić information content (AvgIpc) is 2.56. The molecule has 0 saturated carbocycles. The number of hydrogen-bond acceptors (Lipinski definition) is 2. The largest absolute Gasteiger partial charge is 0.330 e. The highest BCUT2D eigenvalue weighted by Gasteiger charge is 2.25. The molecule has 1 unspecified atom stereocenters. The first-order valence-electron chi connectivity index (χ1n) is 5.87. The van der Waals surface area contributed by atoms with E-state index in [1.807, 2.05) is 11.7 Å². The van der Waals surface area contributed by atoms with Gasteiger partial charge in [-0.25, -0.2) is 0 Å². The summed E-state index contributed by atoms with van der Waals surface area (Å²) < 4.78 is 3.14. The van der Waals surface area contributed by atoms with Crippen molar-refractivity contribution < 1.29 is 0 Å². The maximum absolute atomic E-state index is 5.86. The van der Waals surface area contributed by atoms with Crippen molar-refractivity contribution >= 4 is 15.9 Å². The molecule has 1 aromatic heterocycles. The molecular weight excluding hydrogens is 266 g/mol. The van der Waals surface area contributed by atoms with E-state index in [-0.39, 0.29) is 5.41 Å². The molecule has 0 amide bonds. The van der Waals surface area contributed by atoms with Gasteiger partial charge in [0.2, 0.25) is 0 Å². The van der Waals surface area contributed by atoms with Crippen molar-refractivity contribution in [3.8, 4) is 0 Å². The van der Waals surface area contributed by atoms with Gasteiger partial charge in [-0.2, -0.15) is 5.10 Å². The van der Waals surface area contributed by atoms with Crippen molar-refractivity contribution in [2.75, 3.05) is 6.54 Å². The van der Waals surface area contributed by atoms with Crippen LogP contribution in [0, 0.1) is 5.41 Å². The molecule has 1 heterocycles. The highest BCUT2D eigenvalue weighted by atomic mass is 79.9. The maximum Gasteiger partial charge on any atom is 0.0766 e. The molecule has 1 aromatic rings. The monoisotopic (exact) mass is 287 g/mol. The zero-order chi connectivity index (χ0) is 12.3. The molecule has 0 bridgehead atoms. The molecular formula is C12H22BrN3. The Morgan fingerprint density at radius 2 is 2.06 bits per heavy atom. The second kappa shape index (κ2) is 5.32. The van der Waals surface area contributed by atoms with Gasteiger partial charge in [0.25, 0.3) is 0 Å². The summed E-state index contributed by atoms with van der Waals surface area (Å²) in [6.07, 6.45) is 3.02. The van der Waals surface area contributed by atoms with Crippen molar-refractivity contribution in [3.05, 3.63) is 15.9 Å². The third-order valence-electron chi connectivity index (χ3n) is 3.44. The number of nitrogens with two attached hydrogens (primary N) is 1. The van der Waals surface area contributed by atoms with Crippen LogP contribution < -0.4 is 5.73 Å². The van der Waals surface area contributed by atoms with Crippen LogP contribution in [0.1, 0.15) is 38.6 Å². The van der Waals surface area contributed by atoms with Crippen molar-refractivity contribution in [2.24, 2.45) is 18.2 Å². The van der Waals surface area contributed by atoms with Crippen LogP contribution in [0.2, 0.25) is 0 Å². The Morgan fingerprint density at radius 1 is 1.44 bits per heavy atom. The molecule has 1 rings (SSSR count). The summed E-state index contributed by atoms with van der Waals surface area (Å²) >= 11 is 3.65. The molecule has 2 N–H and O–H groups in total. The van der Waals surface area contributed by atoms with Gasteiger partial charge >= 0.3 is 0 Å². The minimum atomic E-state index is 0.168. The Kier molecular flexibility index (Phi) is 4.56. The van der Waals surface area contributed by atoms with Crippen LogP contribution in [0.25, 0.3) is 0 Å². The van der Waals surface area contributed by atoms with E-state index < -0.39 is 0 Å². The Labute approximate surface area is 107 Å². The number of rotatable bonds is 5. The molecule has 0 aliphatic carbocycles. The molecule has 92 valence electrons. The smallest absolute Gasteiger partial charge is 0.0766 e. The zero-order valence-electron chi connectivity index (χ0n) is 10.7. The highest BCUT2D eigenvalue weighted by molar-refractivity contribution is 9.10. The minimum Gasteiger partial charge on any atom is -0.330 e. The summed E-state index contributed by atoms with van der Waals surface area (Å²) in [5, 5.41) is 4.51. The lowest BCUT2D eigenvalue weighted by molar-refractivity contribution is 0.312. The van der Waals surface area contributed by atoms with Gasteiger partial charge in [-0.3, -0.25) is 4.68 Å². The summed E-state index contributed by atoms with van der Waals surface area (Å²) in [6.45, 7) is 7.26. The molecule has 0 aromatic carbocycles. The van der Waals surface area contributed by atoms with Gasteiger partial charge < -0.3 is 5.73 Å². The van der Waals surface area contributed by atoms with Crippen molar-refractivity contribution in [1.82, 2.24) is 9.78 Å². The standard InChI is InChI=1S/C12H22BrN3/c1-5-9-11(13)10(16(4)15-9)7-12(3,6-2)8-14/h5-8,14H2,1-4H3. The van der Waals surface area contributed by atoms with Gasteiger partial charge in [-0.1, -0.05) is 20.8 Å². The summed E-state index contributed by atoms with van der Waals surface area (Å²) in [6, 6.07) is 0. The van der Waals surface area contributed by atoms with Gasteiger partial charge in [0, 0.05) is 7.05 Å². The Morgan fingerprint density at radius 3 is 2.44 bits per heavy atom. The van der Waals surface area contributed by atoms with E-state index in [1.165, 1.54) is 5.69 Å².